The molecule has 0 atom stereocenters. The predicted octanol–water partition coefficient (Wildman–Crippen LogP) is 2.60. The number of aromatic nitrogens is 1. The van der Waals surface area contributed by atoms with Crippen molar-refractivity contribution in [2.24, 2.45) is 0 Å². The number of carboxylic acid groups (broad SMARTS) is 1. The molecular formula is C12H10ClNO4. The fourth-order valence-electron chi connectivity index (χ4n) is 1.63. The van der Waals surface area contributed by atoms with Gasteiger partial charge in [0, 0.05) is 17.5 Å². The van der Waals surface area contributed by atoms with Crippen LogP contribution in [0.15, 0.2) is 18.2 Å². The molecule has 6 heteroatoms. The maximum absolute atomic E-state index is 11.0. The Kier molecular flexibility index (Phi) is 3.25. The summed E-state index contributed by atoms with van der Waals surface area (Å²) in [4.78, 5) is 15.0. The van der Waals surface area contributed by atoms with Crippen molar-refractivity contribution in [2.75, 3.05) is 14.2 Å². The first-order chi connectivity index (χ1) is 8.56. The van der Waals surface area contributed by atoms with Gasteiger partial charge in [-0.05, 0) is 6.07 Å². The molecule has 0 saturated heterocycles. The number of nitrogens with zero attached hydrogens (tertiary/aromatic N) is 1. The SMILES string of the molecule is COc1cc2nc(C(=O)O)cc(OC)c2cc1Cl. The number of ether oxygens (including phenoxy) is 2. The topological polar surface area (TPSA) is 68.7 Å². The van der Waals surface area contributed by atoms with Crippen LogP contribution < -0.4 is 9.47 Å². The highest BCUT2D eigenvalue weighted by atomic mass is 35.5. The molecule has 5 nitrogen and oxygen atoms in total. The van der Waals surface area contributed by atoms with E-state index >= 15 is 0 Å². The van der Waals surface area contributed by atoms with Gasteiger partial charge in [-0.3, -0.25) is 0 Å². The van der Waals surface area contributed by atoms with Gasteiger partial charge >= 0.3 is 5.97 Å². The third kappa shape index (κ3) is 2.04. The quantitative estimate of drug-likeness (QED) is 0.926. The first-order valence-electron chi connectivity index (χ1n) is 5.02. The van der Waals surface area contributed by atoms with E-state index in [4.69, 9.17) is 26.2 Å². The Labute approximate surface area is 108 Å². The van der Waals surface area contributed by atoms with Gasteiger partial charge in [0.15, 0.2) is 5.69 Å². The first kappa shape index (κ1) is 12.4. The Morgan fingerprint density at radius 2 is 1.89 bits per heavy atom. The number of carboxylic acids is 1. The van der Waals surface area contributed by atoms with E-state index in [9.17, 15) is 4.79 Å². The summed E-state index contributed by atoms with van der Waals surface area (Å²) in [5.74, 6) is -0.285. The van der Waals surface area contributed by atoms with Crippen molar-refractivity contribution < 1.29 is 19.4 Å². The molecule has 0 saturated carbocycles. The highest BCUT2D eigenvalue weighted by Gasteiger charge is 2.13. The monoisotopic (exact) mass is 267 g/mol. The summed E-state index contributed by atoms with van der Waals surface area (Å²) in [6, 6.07) is 4.56. The predicted molar refractivity (Wildman–Crippen MR) is 66.8 cm³/mol. The van der Waals surface area contributed by atoms with Gasteiger partial charge in [-0.25, -0.2) is 9.78 Å². The number of pyridine rings is 1. The first-order valence-corrected chi connectivity index (χ1v) is 5.40. The van der Waals surface area contributed by atoms with Crippen molar-refractivity contribution in [1.29, 1.82) is 0 Å². The Balaban J connectivity index is 2.79. The molecule has 0 aliphatic carbocycles. The number of carbonyl (C=O) groups is 1. The smallest absolute Gasteiger partial charge is 0.354 e. The van der Waals surface area contributed by atoms with Gasteiger partial charge in [-0.15, -0.1) is 0 Å². The second kappa shape index (κ2) is 4.70. The minimum Gasteiger partial charge on any atom is -0.496 e. The molecule has 0 spiro atoms. The summed E-state index contributed by atoms with van der Waals surface area (Å²) in [5, 5.41) is 10.0. The van der Waals surface area contributed by atoms with E-state index < -0.39 is 5.97 Å². The second-order valence-electron chi connectivity index (χ2n) is 3.52. The molecule has 1 heterocycles. The van der Waals surface area contributed by atoms with E-state index in [1.54, 1.807) is 12.1 Å². The van der Waals surface area contributed by atoms with Gasteiger partial charge in [0.1, 0.15) is 11.5 Å². The molecule has 0 aliphatic rings. The molecule has 18 heavy (non-hydrogen) atoms. The summed E-state index contributed by atoms with van der Waals surface area (Å²) < 4.78 is 10.2. The Bertz CT molecular complexity index is 627. The van der Waals surface area contributed by atoms with Crippen molar-refractivity contribution in [2.45, 2.75) is 0 Å². The molecule has 0 aliphatic heterocycles. The average Bonchev–Trinajstić information content (AvgIpc) is 2.36. The van der Waals surface area contributed by atoms with Crippen LogP contribution in [0.4, 0.5) is 0 Å². The Morgan fingerprint density at radius 3 is 2.44 bits per heavy atom. The zero-order valence-corrected chi connectivity index (χ0v) is 10.5. The number of methoxy groups -OCH3 is 2. The maximum atomic E-state index is 11.0. The number of rotatable bonds is 3. The molecule has 0 bridgehead atoms. The molecule has 2 aromatic rings. The minimum atomic E-state index is -1.12. The van der Waals surface area contributed by atoms with Crippen molar-refractivity contribution in [1.82, 2.24) is 4.98 Å². The number of benzene rings is 1. The average molecular weight is 268 g/mol. The largest absolute Gasteiger partial charge is 0.496 e. The molecule has 2 rings (SSSR count). The zero-order chi connectivity index (χ0) is 13.3. The highest BCUT2D eigenvalue weighted by Crippen LogP contribution is 2.34. The molecule has 94 valence electrons. The molecule has 0 radical (unpaired) electrons. The standard InChI is InChI=1S/C12H10ClNO4/c1-17-10-5-9(12(15)16)14-8-4-11(18-2)7(13)3-6(8)10/h3-5H,1-2H3,(H,15,16). The van der Waals surface area contributed by atoms with Gasteiger partial charge < -0.3 is 14.6 Å². The number of aromatic carboxylic acids is 1. The van der Waals surface area contributed by atoms with Crippen LogP contribution >= 0.6 is 11.6 Å². The third-order valence-corrected chi connectivity index (χ3v) is 2.78. The normalized spacial score (nSPS) is 10.4. The van der Waals surface area contributed by atoms with Crippen LogP contribution in [0.1, 0.15) is 10.5 Å². The van der Waals surface area contributed by atoms with Gasteiger partial charge in [-0.2, -0.15) is 0 Å². The van der Waals surface area contributed by atoms with Crippen molar-refractivity contribution in [3.05, 3.63) is 28.9 Å². The van der Waals surface area contributed by atoms with Crippen LogP contribution in [0, 0.1) is 0 Å². The van der Waals surface area contributed by atoms with Gasteiger partial charge in [0.2, 0.25) is 0 Å². The van der Waals surface area contributed by atoms with E-state index in [1.165, 1.54) is 20.3 Å². The van der Waals surface area contributed by atoms with E-state index in [-0.39, 0.29) is 5.69 Å². The van der Waals surface area contributed by atoms with Crippen molar-refractivity contribution in [3.63, 3.8) is 0 Å². The Morgan fingerprint density at radius 1 is 1.22 bits per heavy atom. The van der Waals surface area contributed by atoms with E-state index in [2.05, 4.69) is 4.98 Å². The number of halogens is 1. The lowest BCUT2D eigenvalue weighted by molar-refractivity contribution is 0.0690. The molecular weight excluding hydrogens is 258 g/mol. The summed E-state index contributed by atoms with van der Waals surface area (Å²) in [5.41, 5.74) is 0.358. The Hall–Kier alpha value is -2.01. The van der Waals surface area contributed by atoms with Crippen LogP contribution in [0.2, 0.25) is 5.02 Å². The van der Waals surface area contributed by atoms with Gasteiger partial charge in [0.05, 0.1) is 24.8 Å². The lowest BCUT2D eigenvalue weighted by atomic mass is 10.1. The summed E-state index contributed by atoms with van der Waals surface area (Å²) in [6.07, 6.45) is 0. The van der Waals surface area contributed by atoms with Crippen LogP contribution in [-0.4, -0.2) is 30.3 Å². The number of fused-ring (bicyclic) bond motifs is 1. The minimum absolute atomic E-state index is 0.0938. The van der Waals surface area contributed by atoms with Crippen LogP contribution in [0.3, 0.4) is 0 Å². The molecule has 0 unspecified atom stereocenters. The fourth-order valence-corrected chi connectivity index (χ4v) is 1.87. The van der Waals surface area contributed by atoms with Crippen molar-refractivity contribution >= 4 is 28.5 Å². The maximum Gasteiger partial charge on any atom is 0.354 e. The highest BCUT2D eigenvalue weighted by molar-refractivity contribution is 6.33. The van der Waals surface area contributed by atoms with Gasteiger partial charge in [0.25, 0.3) is 0 Å². The summed E-state index contributed by atoms with van der Waals surface area (Å²) in [7, 11) is 2.93. The molecule has 1 aromatic carbocycles. The molecule has 0 fully saturated rings. The van der Waals surface area contributed by atoms with Crippen LogP contribution in [-0.2, 0) is 0 Å². The number of hydrogen-bond acceptors (Lipinski definition) is 4. The summed E-state index contributed by atoms with van der Waals surface area (Å²) in [6.45, 7) is 0. The lowest BCUT2D eigenvalue weighted by Gasteiger charge is -2.09. The van der Waals surface area contributed by atoms with E-state index in [0.29, 0.717) is 27.4 Å². The van der Waals surface area contributed by atoms with E-state index in [1.807, 2.05) is 0 Å². The van der Waals surface area contributed by atoms with Crippen LogP contribution in [0.25, 0.3) is 10.9 Å². The second-order valence-corrected chi connectivity index (χ2v) is 3.93. The molecule has 1 N–H and O–H groups in total. The van der Waals surface area contributed by atoms with Crippen molar-refractivity contribution in [3.8, 4) is 11.5 Å². The van der Waals surface area contributed by atoms with Crippen LogP contribution in [0.5, 0.6) is 11.5 Å². The number of hydrogen-bond donors (Lipinski definition) is 1. The fraction of sp³-hybridized carbons (Fsp3) is 0.167. The molecule has 1 aromatic heterocycles. The molecule has 0 amide bonds. The van der Waals surface area contributed by atoms with Gasteiger partial charge in [-0.1, -0.05) is 11.6 Å². The zero-order valence-electron chi connectivity index (χ0n) is 9.73. The third-order valence-electron chi connectivity index (χ3n) is 2.48. The lowest BCUT2D eigenvalue weighted by Crippen LogP contribution is -2.02. The van der Waals surface area contributed by atoms with E-state index in [0.717, 1.165) is 0 Å². The summed E-state index contributed by atoms with van der Waals surface area (Å²) >= 11 is 6.01.